The molecular formula is C30H26FO4P. The number of hydrogen-bond acceptors (Lipinski definition) is 4. The van der Waals surface area contributed by atoms with Gasteiger partial charge in [0, 0.05) is 17.6 Å². The third kappa shape index (κ3) is 6.18. The molecule has 0 aromatic heterocycles. The van der Waals surface area contributed by atoms with E-state index in [-0.39, 0.29) is 29.3 Å². The van der Waals surface area contributed by atoms with Crippen molar-refractivity contribution in [3.63, 3.8) is 0 Å². The van der Waals surface area contributed by atoms with E-state index in [9.17, 15) is 9.36 Å². The van der Waals surface area contributed by atoms with Crippen molar-refractivity contribution in [3.05, 3.63) is 137 Å². The van der Waals surface area contributed by atoms with E-state index in [2.05, 4.69) is 0 Å². The summed E-state index contributed by atoms with van der Waals surface area (Å²) in [6, 6.07) is 30.6. The number of Topliss-reactive ketones (excluding diaryl/α,β-unsaturated/α-hetero) is 1. The molecule has 0 amide bonds. The van der Waals surface area contributed by atoms with Crippen LogP contribution in [-0.2, 0) is 4.57 Å². The predicted molar refractivity (Wildman–Crippen MR) is 141 cm³/mol. The van der Waals surface area contributed by atoms with Gasteiger partial charge in [-0.2, -0.15) is 4.39 Å². The first-order valence-electron chi connectivity index (χ1n) is 11.5. The summed E-state index contributed by atoms with van der Waals surface area (Å²) in [5.41, 5.74) is 1.61. The number of allylic oxidation sites excluding steroid dienone is 1. The van der Waals surface area contributed by atoms with E-state index in [0.717, 1.165) is 11.1 Å². The Morgan fingerprint density at radius 3 is 1.53 bits per heavy atom. The standard InChI is InChI=1S/C30H26FO4P/c1-22-13-17-26(18-14-22)34-36(33,35-27-19-15-23(2)16-20-27)30(31)28(24-9-5-3-6-10-24)21-29(32)25-11-7-4-8-12-25/h3-20H,21H2,1-2H3/b30-28+. The highest BCUT2D eigenvalue weighted by atomic mass is 31.2. The lowest BCUT2D eigenvalue weighted by atomic mass is 9.98. The molecule has 0 radical (unpaired) electrons. The van der Waals surface area contributed by atoms with E-state index in [1.54, 1.807) is 109 Å². The molecule has 0 unspecified atom stereocenters. The summed E-state index contributed by atoms with van der Waals surface area (Å²) in [4.78, 5) is 13.1. The molecule has 0 N–H and O–H groups in total. The van der Waals surface area contributed by atoms with E-state index >= 15 is 4.39 Å². The van der Waals surface area contributed by atoms with Gasteiger partial charge < -0.3 is 9.05 Å². The molecule has 6 heteroatoms. The van der Waals surface area contributed by atoms with Gasteiger partial charge in [0.05, 0.1) is 0 Å². The molecule has 4 rings (SSSR count). The summed E-state index contributed by atoms with van der Waals surface area (Å²) in [6.45, 7) is 3.80. The maximum atomic E-state index is 16.4. The summed E-state index contributed by atoms with van der Waals surface area (Å²) in [5.74, 6) is 0.0582. The largest absolute Gasteiger partial charge is 0.491 e. The molecule has 0 heterocycles. The highest BCUT2D eigenvalue weighted by Crippen LogP contribution is 2.58. The van der Waals surface area contributed by atoms with Crippen LogP contribution in [0, 0.1) is 13.8 Å². The van der Waals surface area contributed by atoms with Crippen LogP contribution in [-0.4, -0.2) is 5.78 Å². The summed E-state index contributed by atoms with van der Waals surface area (Å²) >= 11 is 0. The number of carbonyl (C=O) groups excluding carboxylic acids is 1. The van der Waals surface area contributed by atoms with E-state index in [1.807, 2.05) is 13.8 Å². The molecule has 0 spiro atoms. The Labute approximate surface area is 210 Å². The normalized spacial score (nSPS) is 12.0. The Bertz CT molecular complexity index is 1350. The predicted octanol–water partition coefficient (Wildman–Crippen LogP) is 8.57. The van der Waals surface area contributed by atoms with Gasteiger partial charge >= 0.3 is 7.60 Å². The summed E-state index contributed by atoms with van der Waals surface area (Å²) in [5, 5.41) is 0. The van der Waals surface area contributed by atoms with Crippen LogP contribution in [0.5, 0.6) is 11.5 Å². The molecule has 0 aliphatic carbocycles. The summed E-state index contributed by atoms with van der Waals surface area (Å²) in [7, 11) is -4.59. The van der Waals surface area contributed by atoms with Gasteiger partial charge in [0.1, 0.15) is 11.5 Å². The molecule has 182 valence electrons. The lowest BCUT2D eigenvalue weighted by molar-refractivity contribution is 0.0998. The van der Waals surface area contributed by atoms with Gasteiger partial charge in [0.2, 0.25) is 5.57 Å². The van der Waals surface area contributed by atoms with E-state index in [0.29, 0.717) is 11.1 Å². The Kier molecular flexibility index (Phi) is 7.82. The van der Waals surface area contributed by atoms with Crippen molar-refractivity contribution in [2.45, 2.75) is 20.3 Å². The second-order valence-electron chi connectivity index (χ2n) is 8.41. The van der Waals surface area contributed by atoms with Crippen molar-refractivity contribution in [1.82, 2.24) is 0 Å². The second kappa shape index (κ2) is 11.2. The van der Waals surface area contributed by atoms with Crippen molar-refractivity contribution < 1.29 is 22.8 Å². The van der Waals surface area contributed by atoms with E-state index in [4.69, 9.17) is 9.05 Å². The number of hydrogen-bond donors (Lipinski definition) is 0. The number of rotatable bonds is 9. The fraction of sp³-hybridized carbons (Fsp3) is 0.100. The van der Waals surface area contributed by atoms with Crippen LogP contribution in [0.15, 0.2) is 115 Å². The lowest BCUT2D eigenvalue weighted by Gasteiger charge is -2.21. The fourth-order valence-electron chi connectivity index (χ4n) is 3.56. The number of ketones is 1. The van der Waals surface area contributed by atoms with Crippen LogP contribution < -0.4 is 9.05 Å². The number of halogens is 1. The van der Waals surface area contributed by atoms with Gasteiger partial charge in [-0.25, -0.2) is 4.57 Å². The molecule has 0 bridgehead atoms. The van der Waals surface area contributed by atoms with E-state index in [1.165, 1.54) is 0 Å². The Morgan fingerprint density at radius 2 is 1.08 bits per heavy atom. The summed E-state index contributed by atoms with van der Waals surface area (Å²) in [6.07, 6.45) is -0.321. The summed E-state index contributed by atoms with van der Waals surface area (Å²) < 4.78 is 42.1. The van der Waals surface area contributed by atoms with Gasteiger partial charge in [0.25, 0.3) is 0 Å². The Hall–Kier alpha value is -3.95. The molecular weight excluding hydrogens is 474 g/mol. The fourth-order valence-corrected chi connectivity index (χ4v) is 5.09. The SMILES string of the molecule is Cc1ccc(OP(=O)(Oc2ccc(C)cc2)/C(F)=C(\CC(=O)c2ccccc2)c2ccccc2)cc1. The molecule has 0 saturated heterocycles. The van der Waals surface area contributed by atoms with E-state index < -0.39 is 13.2 Å². The highest BCUT2D eigenvalue weighted by molar-refractivity contribution is 7.59. The first-order chi connectivity index (χ1) is 17.3. The quantitative estimate of drug-likeness (QED) is 0.171. The minimum Gasteiger partial charge on any atom is -0.411 e. The number of aryl methyl sites for hydroxylation is 2. The van der Waals surface area contributed by atoms with Crippen LogP contribution in [0.25, 0.3) is 5.57 Å². The van der Waals surface area contributed by atoms with Crippen molar-refractivity contribution in [2.24, 2.45) is 0 Å². The van der Waals surface area contributed by atoms with Crippen molar-refractivity contribution in [2.75, 3.05) is 0 Å². The average molecular weight is 501 g/mol. The number of benzene rings is 4. The maximum Gasteiger partial charge on any atom is 0.491 e. The van der Waals surface area contributed by atoms with Crippen LogP contribution in [0.2, 0.25) is 0 Å². The topological polar surface area (TPSA) is 52.6 Å². The first kappa shape index (κ1) is 25.2. The monoisotopic (exact) mass is 500 g/mol. The second-order valence-corrected chi connectivity index (χ2v) is 10.2. The van der Waals surface area contributed by atoms with Crippen LogP contribution >= 0.6 is 7.60 Å². The molecule has 0 atom stereocenters. The third-order valence-electron chi connectivity index (χ3n) is 5.54. The highest BCUT2D eigenvalue weighted by Gasteiger charge is 2.38. The smallest absolute Gasteiger partial charge is 0.411 e. The molecule has 36 heavy (non-hydrogen) atoms. The Morgan fingerprint density at radius 1 is 0.667 bits per heavy atom. The van der Waals surface area contributed by atoms with Crippen molar-refractivity contribution >= 4 is 19.0 Å². The molecule has 4 aromatic carbocycles. The van der Waals surface area contributed by atoms with Gasteiger partial charge in [-0.3, -0.25) is 4.79 Å². The molecule has 4 aromatic rings. The van der Waals surface area contributed by atoms with Gasteiger partial charge in [-0.15, -0.1) is 0 Å². The molecule has 0 aliphatic rings. The Balaban J connectivity index is 1.82. The molecule has 0 saturated carbocycles. The molecule has 0 aliphatic heterocycles. The van der Waals surface area contributed by atoms with Gasteiger partial charge in [0.15, 0.2) is 5.78 Å². The van der Waals surface area contributed by atoms with Gasteiger partial charge in [-0.1, -0.05) is 96.1 Å². The van der Waals surface area contributed by atoms with Crippen LogP contribution in [0.1, 0.15) is 33.5 Å². The van der Waals surface area contributed by atoms with Crippen LogP contribution in [0.4, 0.5) is 4.39 Å². The van der Waals surface area contributed by atoms with Crippen molar-refractivity contribution in [3.8, 4) is 11.5 Å². The minimum atomic E-state index is -4.59. The molecule has 4 nitrogen and oxygen atoms in total. The zero-order valence-corrected chi connectivity index (χ0v) is 21.0. The maximum absolute atomic E-state index is 16.4. The first-order valence-corrected chi connectivity index (χ1v) is 13.0. The van der Waals surface area contributed by atoms with Crippen molar-refractivity contribution in [1.29, 1.82) is 0 Å². The minimum absolute atomic E-state index is 0.0491. The average Bonchev–Trinajstić information content (AvgIpc) is 2.90. The molecule has 0 fully saturated rings. The van der Waals surface area contributed by atoms with Gasteiger partial charge in [-0.05, 0) is 43.7 Å². The zero-order valence-electron chi connectivity index (χ0n) is 20.1. The number of carbonyl (C=O) groups is 1. The zero-order chi connectivity index (χ0) is 25.5. The van der Waals surface area contributed by atoms with Crippen LogP contribution in [0.3, 0.4) is 0 Å². The third-order valence-corrected chi connectivity index (χ3v) is 7.19. The lowest BCUT2D eigenvalue weighted by Crippen LogP contribution is -2.07.